The highest BCUT2D eigenvalue weighted by Crippen LogP contribution is 2.18. The van der Waals surface area contributed by atoms with Crippen molar-refractivity contribution in [2.24, 2.45) is 11.0 Å². The molecule has 0 spiro atoms. The zero-order valence-electron chi connectivity index (χ0n) is 14.6. The molecule has 0 bridgehead atoms. The molecule has 6 nitrogen and oxygen atoms in total. The highest BCUT2D eigenvalue weighted by Gasteiger charge is 2.27. The van der Waals surface area contributed by atoms with Gasteiger partial charge in [0, 0.05) is 32.4 Å². The van der Waals surface area contributed by atoms with Gasteiger partial charge in [0.05, 0.1) is 18.4 Å². The van der Waals surface area contributed by atoms with Crippen molar-refractivity contribution >= 4 is 17.5 Å². The number of aliphatic hydroxyl groups excluding tert-OH is 1. The quantitative estimate of drug-likeness (QED) is 0.903. The zero-order valence-corrected chi connectivity index (χ0v) is 14.6. The van der Waals surface area contributed by atoms with E-state index in [9.17, 15) is 14.7 Å². The molecule has 1 aromatic rings. The normalized spacial score (nSPS) is 23.5. The number of hydrogen-bond donors (Lipinski definition) is 1. The first-order valence-corrected chi connectivity index (χ1v) is 8.92. The maximum Gasteiger partial charge on any atom is 0.243 e. The van der Waals surface area contributed by atoms with Crippen molar-refractivity contribution in [1.29, 1.82) is 0 Å². The fraction of sp³-hybridized carbons (Fsp3) is 0.526. The zero-order chi connectivity index (χ0) is 17.8. The van der Waals surface area contributed by atoms with Crippen LogP contribution in [0.1, 0.15) is 38.2 Å². The second-order valence-electron chi connectivity index (χ2n) is 6.97. The van der Waals surface area contributed by atoms with Gasteiger partial charge < -0.3 is 10.0 Å². The predicted octanol–water partition coefficient (Wildman–Crippen LogP) is 1.63. The van der Waals surface area contributed by atoms with Gasteiger partial charge in [-0.05, 0) is 17.9 Å². The van der Waals surface area contributed by atoms with Crippen molar-refractivity contribution in [2.75, 3.05) is 19.6 Å². The Morgan fingerprint density at radius 1 is 1.16 bits per heavy atom. The molecule has 2 atom stereocenters. The monoisotopic (exact) mass is 343 g/mol. The standard InChI is InChI=1S/C19H25N3O3/c1-14-11-16(23)13-21(12-14)18(24)7-8-19(25)22-10-9-17(20-22)15-5-3-2-4-6-15/h2-6,14,16,23H,7-13H2,1H3/t14-,16+/m1/s1. The number of carbonyl (C=O) groups is 2. The minimum absolute atomic E-state index is 0.0644. The highest BCUT2D eigenvalue weighted by molar-refractivity contribution is 6.02. The Hall–Kier alpha value is -2.21. The summed E-state index contributed by atoms with van der Waals surface area (Å²) in [6.45, 7) is 3.62. The maximum absolute atomic E-state index is 12.3. The van der Waals surface area contributed by atoms with Crippen molar-refractivity contribution in [3.8, 4) is 0 Å². The average Bonchev–Trinajstić information content (AvgIpc) is 3.09. The largest absolute Gasteiger partial charge is 0.391 e. The summed E-state index contributed by atoms with van der Waals surface area (Å²) in [4.78, 5) is 26.3. The summed E-state index contributed by atoms with van der Waals surface area (Å²) >= 11 is 0. The third-order valence-corrected chi connectivity index (χ3v) is 4.74. The lowest BCUT2D eigenvalue weighted by atomic mass is 9.97. The van der Waals surface area contributed by atoms with Crippen LogP contribution in [0.4, 0.5) is 0 Å². The Morgan fingerprint density at radius 2 is 1.88 bits per heavy atom. The fourth-order valence-corrected chi connectivity index (χ4v) is 3.49. The van der Waals surface area contributed by atoms with Gasteiger partial charge in [0.2, 0.25) is 11.8 Å². The van der Waals surface area contributed by atoms with Gasteiger partial charge >= 0.3 is 0 Å². The van der Waals surface area contributed by atoms with E-state index in [2.05, 4.69) is 5.10 Å². The number of likely N-dealkylation sites (tertiary alicyclic amines) is 1. The Labute approximate surface area is 148 Å². The molecule has 2 aliphatic heterocycles. The van der Waals surface area contributed by atoms with E-state index < -0.39 is 6.10 Å². The van der Waals surface area contributed by atoms with Gasteiger partial charge in [-0.3, -0.25) is 9.59 Å². The number of benzene rings is 1. The van der Waals surface area contributed by atoms with Crippen molar-refractivity contribution in [1.82, 2.24) is 9.91 Å². The van der Waals surface area contributed by atoms with Gasteiger partial charge in [-0.15, -0.1) is 0 Å². The van der Waals surface area contributed by atoms with Crippen LogP contribution in [0.3, 0.4) is 0 Å². The van der Waals surface area contributed by atoms with Crippen molar-refractivity contribution in [3.63, 3.8) is 0 Å². The van der Waals surface area contributed by atoms with Crippen LogP contribution in [0.5, 0.6) is 0 Å². The van der Waals surface area contributed by atoms with Crippen LogP contribution in [0, 0.1) is 5.92 Å². The summed E-state index contributed by atoms with van der Waals surface area (Å²) in [5.41, 5.74) is 1.94. The van der Waals surface area contributed by atoms with E-state index in [1.165, 1.54) is 5.01 Å². The van der Waals surface area contributed by atoms with Gasteiger partial charge in [0.25, 0.3) is 0 Å². The number of carbonyl (C=O) groups excluding carboxylic acids is 2. The van der Waals surface area contributed by atoms with Gasteiger partial charge in [-0.25, -0.2) is 5.01 Å². The SMILES string of the molecule is C[C@@H]1C[C@H](O)CN(C(=O)CCC(=O)N2CCC(c3ccccc3)=N2)C1. The number of aliphatic hydroxyl groups is 1. The third-order valence-electron chi connectivity index (χ3n) is 4.74. The Morgan fingerprint density at radius 3 is 2.60 bits per heavy atom. The van der Waals surface area contributed by atoms with Crippen LogP contribution >= 0.6 is 0 Å². The predicted molar refractivity (Wildman–Crippen MR) is 94.9 cm³/mol. The van der Waals surface area contributed by atoms with E-state index in [0.717, 1.165) is 24.1 Å². The van der Waals surface area contributed by atoms with E-state index in [4.69, 9.17) is 0 Å². The van der Waals surface area contributed by atoms with Crippen molar-refractivity contribution < 1.29 is 14.7 Å². The summed E-state index contributed by atoms with van der Waals surface area (Å²) < 4.78 is 0. The van der Waals surface area contributed by atoms with Gasteiger partial charge in [-0.1, -0.05) is 37.3 Å². The van der Waals surface area contributed by atoms with Gasteiger partial charge in [0.15, 0.2) is 0 Å². The molecule has 1 saturated heterocycles. The molecule has 1 fully saturated rings. The molecule has 3 rings (SSSR count). The summed E-state index contributed by atoms with van der Waals surface area (Å²) in [6, 6.07) is 9.83. The van der Waals surface area contributed by atoms with Gasteiger partial charge in [-0.2, -0.15) is 5.10 Å². The number of hydrogen-bond acceptors (Lipinski definition) is 4. The van der Waals surface area contributed by atoms with Crippen LogP contribution in [-0.2, 0) is 9.59 Å². The molecule has 0 radical (unpaired) electrons. The molecule has 0 unspecified atom stereocenters. The molecule has 2 aliphatic rings. The van der Waals surface area contributed by atoms with E-state index in [0.29, 0.717) is 25.6 Å². The summed E-state index contributed by atoms with van der Waals surface area (Å²) in [7, 11) is 0. The lowest BCUT2D eigenvalue weighted by molar-refractivity contribution is -0.139. The fourth-order valence-electron chi connectivity index (χ4n) is 3.49. The van der Waals surface area contributed by atoms with Crippen LogP contribution in [0.25, 0.3) is 0 Å². The molecule has 6 heteroatoms. The molecule has 1 aromatic carbocycles. The Kier molecular flexibility index (Phi) is 5.48. The molecule has 2 heterocycles. The highest BCUT2D eigenvalue weighted by atomic mass is 16.3. The van der Waals surface area contributed by atoms with E-state index in [1.807, 2.05) is 37.3 Å². The van der Waals surface area contributed by atoms with Crippen molar-refractivity contribution in [2.45, 2.75) is 38.7 Å². The van der Waals surface area contributed by atoms with Crippen LogP contribution in [0.2, 0.25) is 0 Å². The summed E-state index contributed by atoms with van der Waals surface area (Å²) in [6.07, 6.45) is 1.34. The molecule has 1 N–H and O–H groups in total. The minimum Gasteiger partial charge on any atom is -0.391 e. The van der Waals surface area contributed by atoms with E-state index in [1.54, 1.807) is 4.90 Å². The Balaban J connectivity index is 1.51. The molecule has 25 heavy (non-hydrogen) atoms. The van der Waals surface area contributed by atoms with E-state index >= 15 is 0 Å². The first-order chi connectivity index (χ1) is 12.0. The van der Waals surface area contributed by atoms with E-state index in [-0.39, 0.29) is 24.7 Å². The second kappa shape index (κ2) is 7.78. The first-order valence-electron chi connectivity index (χ1n) is 8.92. The van der Waals surface area contributed by atoms with Crippen molar-refractivity contribution in [3.05, 3.63) is 35.9 Å². The topological polar surface area (TPSA) is 73.2 Å². The molecule has 0 saturated carbocycles. The molecule has 0 aliphatic carbocycles. The third kappa shape index (κ3) is 4.45. The number of nitrogens with zero attached hydrogens (tertiary/aromatic N) is 3. The Bertz CT molecular complexity index is 649. The number of rotatable bonds is 4. The average molecular weight is 343 g/mol. The van der Waals surface area contributed by atoms with Gasteiger partial charge in [0.1, 0.15) is 0 Å². The molecular weight excluding hydrogens is 318 g/mol. The lowest BCUT2D eigenvalue weighted by Crippen LogP contribution is -2.45. The smallest absolute Gasteiger partial charge is 0.243 e. The molecule has 2 amide bonds. The lowest BCUT2D eigenvalue weighted by Gasteiger charge is -2.34. The molecule has 134 valence electrons. The number of hydrazone groups is 1. The maximum atomic E-state index is 12.3. The van der Waals surface area contributed by atoms with Crippen LogP contribution in [0.15, 0.2) is 35.4 Å². The second-order valence-corrected chi connectivity index (χ2v) is 6.97. The van der Waals surface area contributed by atoms with Crippen LogP contribution < -0.4 is 0 Å². The molecule has 0 aromatic heterocycles. The first kappa shape index (κ1) is 17.6. The summed E-state index contributed by atoms with van der Waals surface area (Å²) in [5.74, 6) is 0.107. The summed E-state index contributed by atoms with van der Waals surface area (Å²) in [5, 5.41) is 15.7. The molecular formula is C19H25N3O3. The number of amides is 2. The minimum atomic E-state index is -0.458. The van der Waals surface area contributed by atoms with Crippen LogP contribution in [-0.4, -0.2) is 58.3 Å². The number of piperidine rings is 1. The number of β-amino-alcohol motifs (C(OH)–C–C–N with tert-alkyl or cyclic N) is 1.